The van der Waals surface area contributed by atoms with E-state index in [1.165, 1.54) is 14.2 Å². The predicted octanol–water partition coefficient (Wildman–Crippen LogP) is 3.17. The average molecular weight is 437 g/mol. The van der Waals surface area contributed by atoms with Crippen molar-refractivity contribution in [2.24, 2.45) is 0 Å². The molecule has 10 heteroatoms. The Kier molecular flexibility index (Phi) is 6.57. The summed E-state index contributed by atoms with van der Waals surface area (Å²) in [5.74, 6) is -1.46. The average Bonchev–Trinajstić information content (AvgIpc) is 2.77. The van der Waals surface area contributed by atoms with Gasteiger partial charge in [0.25, 0.3) is 5.91 Å². The Morgan fingerprint density at radius 3 is 1.94 bits per heavy atom. The number of hydrogen-bond donors (Lipinski definition) is 1. The van der Waals surface area contributed by atoms with Gasteiger partial charge in [-0.25, -0.2) is 0 Å². The maximum absolute atomic E-state index is 12.7. The number of alkyl halides is 3. The van der Waals surface area contributed by atoms with Crippen LogP contribution in [0.1, 0.15) is 10.4 Å². The molecule has 0 aromatic heterocycles. The molecule has 1 fully saturated rings. The van der Waals surface area contributed by atoms with Gasteiger partial charge in [0.05, 0.1) is 14.2 Å². The molecule has 166 valence electrons. The summed E-state index contributed by atoms with van der Waals surface area (Å²) >= 11 is 0. The fourth-order valence-corrected chi connectivity index (χ4v) is 3.37. The number of hydrogen-bond acceptors (Lipinski definition) is 5. The second-order valence-electron chi connectivity index (χ2n) is 6.82. The summed E-state index contributed by atoms with van der Waals surface area (Å²) in [6.07, 6.45) is -4.86. The number of carbonyl (C=O) groups excluding carboxylic acids is 2. The Balaban J connectivity index is 1.64. The summed E-state index contributed by atoms with van der Waals surface area (Å²) in [5.41, 5.74) is 1.58. The molecule has 1 aliphatic heterocycles. The molecule has 7 nitrogen and oxygen atoms in total. The second kappa shape index (κ2) is 9.15. The number of benzene rings is 2. The van der Waals surface area contributed by atoms with Crippen LogP contribution in [0, 0.1) is 0 Å². The third-order valence-electron chi connectivity index (χ3n) is 4.95. The number of methoxy groups -OCH3 is 2. The summed E-state index contributed by atoms with van der Waals surface area (Å²) in [6, 6.07) is 11.9. The van der Waals surface area contributed by atoms with Gasteiger partial charge >= 0.3 is 12.1 Å². The first-order valence-corrected chi connectivity index (χ1v) is 9.48. The highest BCUT2D eigenvalue weighted by Gasteiger charge is 2.43. The molecule has 0 unspecified atom stereocenters. The lowest BCUT2D eigenvalue weighted by atomic mass is 10.1. The minimum atomic E-state index is -4.86. The number of anilines is 2. The van der Waals surface area contributed by atoms with Gasteiger partial charge in [-0.05, 0) is 36.4 Å². The first-order chi connectivity index (χ1) is 14.7. The highest BCUT2D eigenvalue weighted by molar-refractivity contribution is 6.08. The second-order valence-corrected chi connectivity index (χ2v) is 6.82. The number of nitrogens with zero attached hydrogens (tertiary/aromatic N) is 2. The van der Waals surface area contributed by atoms with E-state index in [1.807, 2.05) is 4.90 Å². The molecule has 1 heterocycles. The number of carbonyl (C=O) groups is 2. The van der Waals surface area contributed by atoms with Gasteiger partial charge in [-0.1, -0.05) is 6.07 Å². The van der Waals surface area contributed by atoms with Crippen LogP contribution in [0.3, 0.4) is 0 Å². The largest absolute Gasteiger partial charge is 0.496 e. The van der Waals surface area contributed by atoms with Gasteiger partial charge in [-0.2, -0.15) is 13.2 Å². The lowest BCUT2D eigenvalue weighted by Gasteiger charge is -2.36. The fraction of sp³-hybridized carbons (Fsp3) is 0.333. The maximum Gasteiger partial charge on any atom is 0.471 e. The van der Waals surface area contributed by atoms with E-state index in [0.717, 1.165) is 10.6 Å². The van der Waals surface area contributed by atoms with Crippen molar-refractivity contribution in [1.82, 2.24) is 4.90 Å². The van der Waals surface area contributed by atoms with Crippen molar-refractivity contribution in [3.63, 3.8) is 0 Å². The highest BCUT2D eigenvalue weighted by atomic mass is 19.4. The van der Waals surface area contributed by atoms with E-state index in [0.29, 0.717) is 17.2 Å². The molecule has 0 saturated carbocycles. The van der Waals surface area contributed by atoms with Gasteiger partial charge in [-0.3, -0.25) is 9.59 Å². The molecule has 1 N–H and O–H groups in total. The first kappa shape index (κ1) is 22.3. The van der Waals surface area contributed by atoms with Crippen LogP contribution in [0.25, 0.3) is 0 Å². The summed E-state index contributed by atoms with van der Waals surface area (Å²) in [5, 5.41) is 2.78. The molecule has 3 rings (SSSR count). The fourth-order valence-electron chi connectivity index (χ4n) is 3.37. The molecule has 0 aliphatic carbocycles. The monoisotopic (exact) mass is 437 g/mol. The molecule has 2 aromatic rings. The van der Waals surface area contributed by atoms with E-state index in [4.69, 9.17) is 9.47 Å². The van der Waals surface area contributed by atoms with E-state index >= 15 is 0 Å². The van der Waals surface area contributed by atoms with Crippen LogP contribution in [-0.4, -0.2) is 63.3 Å². The van der Waals surface area contributed by atoms with Crippen LogP contribution in [0.5, 0.6) is 11.5 Å². The minimum Gasteiger partial charge on any atom is -0.496 e. The Morgan fingerprint density at radius 2 is 1.45 bits per heavy atom. The Hall–Kier alpha value is -3.43. The normalized spacial score (nSPS) is 14.2. The quantitative estimate of drug-likeness (QED) is 0.778. The SMILES string of the molecule is COc1cccc(OC)c1C(=O)Nc1ccc(N2CCN(C(=O)C(F)(F)F)CC2)cc1. The predicted molar refractivity (Wildman–Crippen MR) is 109 cm³/mol. The molecule has 0 radical (unpaired) electrons. The molecule has 1 aliphatic rings. The molecule has 1 saturated heterocycles. The van der Waals surface area contributed by atoms with Crippen molar-refractivity contribution in [2.45, 2.75) is 6.18 Å². The minimum absolute atomic E-state index is 0.00950. The Morgan fingerprint density at radius 1 is 0.903 bits per heavy atom. The van der Waals surface area contributed by atoms with Gasteiger partial charge in [0.15, 0.2) is 0 Å². The number of piperazine rings is 1. The maximum atomic E-state index is 12.7. The topological polar surface area (TPSA) is 71.1 Å². The first-order valence-electron chi connectivity index (χ1n) is 9.48. The van der Waals surface area contributed by atoms with Crippen LogP contribution in [0.15, 0.2) is 42.5 Å². The summed E-state index contributed by atoms with van der Waals surface area (Å²) in [7, 11) is 2.92. The van der Waals surface area contributed by atoms with E-state index in [1.54, 1.807) is 42.5 Å². The van der Waals surface area contributed by atoms with Gasteiger partial charge in [0, 0.05) is 37.6 Å². The molecule has 31 heavy (non-hydrogen) atoms. The van der Waals surface area contributed by atoms with Crippen molar-refractivity contribution in [2.75, 3.05) is 50.6 Å². The molecule has 0 atom stereocenters. The lowest BCUT2D eigenvalue weighted by molar-refractivity contribution is -0.185. The van der Waals surface area contributed by atoms with Crippen molar-refractivity contribution in [3.8, 4) is 11.5 Å². The zero-order chi connectivity index (χ0) is 22.6. The zero-order valence-corrected chi connectivity index (χ0v) is 17.0. The van der Waals surface area contributed by atoms with E-state index in [-0.39, 0.29) is 31.7 Å². The molecule has 2 aromatic carbocycles. The van der Waals surface area contributed by atoms with Crippen molar-refractivity contribution in [3.05, 3.63) is 48.0 Å². The van der Waals surface area contributed by atoms with Crippen molar-refractivity contribution < 1.29 is 32.2 Å². The standard InChI is InChI=1S/C21H22F3N3O4/c1-30-16-4-3-5-17(31-2)18(16)19(28)25-14-6-8-15(9-7-14)26-10-12-27(13-11-26)20(29)21(22,23)24/h3-9H,10-13H2,1-2H3,(H,25,28). The van der Waals surface area contributed by atoms with E-state index < -0.39 is 18.0 Å². The number of ether oxygens (including phenoxy) is 2. The van der Waals surface area contributed by atoms with Crippen LogP contribution in [0.4, 0.5) is 24.5 Å². The summed E-state index contributed by atoms with van der Waals surface area (Å²) in [4.78, 5) is 26.8. The molecule has 0 bridgehead atoms. The van der Waals surface area contributed by atoms with Crippen LogP contribution in [0.2, 0.25) is 0 Å². The van der Waals surface area contributed by atoms with E-state index in [2.05, 4.69) is 5.32 Å². The molecule has 0 spiro atoms. The van der Waals surface area contributed by atoms with Crippen LogP contribution >= 0.6 is 0 Å². The number of halogens is 3. The van der Waals surface area contributed by atoms with Crippen molar-refractivity contribution >= 4 is 23.2 Å². The van der Waals surface area contributed by atoms with Gasteiger partial charge in [0.1, 0.15) is 17.1 Å². The van der Waals surface area contributed by atoms with Crippen LogP contribution < -0.4 is 19.7 Å². The molecular weight excluding hydrogens is 415 g/mol. The third kappa shape index (κ3) is 5.01. The van der Waals surface area contributed by atoms with E-state index in [9.17, 15) is 22.8 Å². The third-order valence-corrected chi connectivity index (χ3v) is 4.95. The molecule has 2 amide bonds. The highest BCUT2D eigenvalue weighted by Crippen LogP contribution is 2.29. The van der Waals surface area contributed by atoms with Gasteiger partial charge < -0.3 is 24.6 Å². The summed E-state index contributed by atoms with van der Waals surface area (Å²) < 4.78 is 48.2. The Bertz CT molecular complexity index is 918. The number of amides is 2. The zero-order valence-electron chi connectivity index (χ0n) is 17.0. The number of nitrogens with one attached hydrogen (secondary N) is 1. The molecular formula is C21H22F3N3O4. The number of rotatable bonds is 5. The van der Waals surface area contributed by atoms with Gasteiger partial charge in [-0.15, -0.1) is 0 Å². The summed E-state index contributed by atoms with van der Waals surface area (Å²) in [6.45, 7) is 0.548. The Labute approximate surface area is 177 Å². The van der Waals surface area contributed by atoms with Crippen LogP contribution in [-0.2, 0) is 4.79 Å². The lowest BCUT2D eigenvalue weighted by Crippen LogP contribution is -2.52. The smallest absolute Gasteiger partial charge is 0.471 e. The van der Waals surface area contributed by atoms with Gasteiger partial charge in [0.2, 0.25) is 0 Å². The van der Waals surface area contributed by atoms with Crippen molar-refractivity contribution in [1.29, 1.82) is 0 Å².